The average Bonchev–Trinajstić information content (AvgIpc) is 3.09. The van der Waals surface area contributed by atoms with Gasteiger partial charge in [0.05, 0.1) is 6.10 Å². The van der Waals surface area contributed by atoms with Gasteiger partial charge in [0, 0.05) is 41.2 Å². The van der Waals surface area contributed by atoms with Crippen LogP contribution in [-0.4, -0.2) is 37.9 Å². The maximum absolute atomic E-state index is 9.43. The lowest BCUT2D eigenvalue weighted by Crippen LogP contribution is -2.27. The maximum atomic E-state index is 9.43. The minimum atomic E-state index is -0.196. The molecule has 0 spiro atoms. The molecule has 8 heteroatoms. The lowest BCUT2D eigenvalue weighted by Gasteiger charge is -2.30. The molecule has 0 atom stereocenters. The molecule has 0 bridgehead atoms. The van der Waals surface area contributed by atoms with Crippen LogP contribution in [0.2, 0.25) is 5.02 Å². The first-order valence-electron chi connectivity index (χ1n) is 8.50. The summed E-state index contributed by atoms with van der Waals surface area (Å²) in [6.45, 7) is 0.617. The Bertz CT molecular complexity index is 877. The molecular formula is C18H18ClN5O2. The SMILES string of the molecule is OC1CC(c2cc(NCCc3nc(-c4ccc(Cl)cc4)no3)ncn2)C1. The summed E-state index contributed by atoms with van der Waals surface area (Å²) in [6.07, 6.45) is 3.48. The van der Waals surface area contributed by atoms with Crippen molar-refractivity contribution in [1.29, 1.82) is 0 Å². The van der Waals surface area contributed by atoms with E-state index in [4.69, 9.17) is 16.1 Å². The average molecular weight is 372 g/mol. The van der Waals surface area contributed by atoms with Crippen LogP contribution in [0.4, 0.5) is 5.82 Å². The van der Waals surface area contributed by atoms with Gasteiger partial charge in [0.1, 0.15) is 12.1 Å². The fourth-order valence-electron chi connectivity index (χ4n) is 2.89. The Kier molecular flexibility index (Phi) is 4.81. The highest BCUT2D eigenvalue weighted by atomic mass is 35.5. The summed E-state index contributed by atoms with van der Waals surface area (Å²) >= 11 is 5.89. The molecule has 2 aromatic heterocycles. The Balaban J connectivity index is 1.32. The van der Waals surface area contributed by atoms with Crippen LogP contribution in [0.5, 0.6) is 0 Å². The van der Waals surface area contributed by atoms with E-state index < -0.39 is 0 Å². The Morgan fingerprint density at radius 3 is 2.77 bits per heavy atom. The molecule has 1 aromatic carbocycles. The van der Waals surface area contributed by atoms with Crippen LogP contribution >= 0.6 is 11.6 Å². The van der Waals surface area contributed by atoms with Crippen LogP contribution in [-0.2, 0) is 6.42 Å². The first-order chi connectivity index (χ1) is 12.7. The van der Waals surface area contributed by atoms with Crippen molar-refractivity contribution in [3.05, 3.63) is 53.3 Å². The highest BCUT2D eigenvalue weighted by Gasteiger charge is 2.29. The molecule has 0 amide bonds. The number of anilines is 1. The van der Waals surface area contributed by atoms with E-state index in [9.17, 15) is 5.11 Å². The fourth-order valence-corrected chi connectivity index (χ4v) is 3.02. The van der Waals surface area contributed by atoms with E-state index in [2.05, 4.69) is 25.4 Å². The van der Waals surface area contributed by atoms with Crippen molar-refractivity contribution in [3.63, 3.8) is 0 Å². The van der Waals surface area contributed by atoms with Gasteiger partial charge in [0.25, 0.3) is 0 Å². The molecule has 0 aliphatic heterocycles. The van der Waals surface area contributed by atoms with Crippen molar-refractivity contribution in [2.45, 2.75) is 31.3 Å². The van der Waals surface area contributed by atoms with Crippen molar-refractivity contribution >= 4 is 17.4 Å². The van der Waals surface area contributed by atoms with E-state index in [1.54, 1.807) is 18.5 Å². The summed E-state index contributed by atoms with van der Waals surface area (Å²) in [4.78, 5) is 12.9. The third-order valence-corrected chi connectivity index (χ3v) is 4.69. The summed E-state index contributed by atoms with van der Waals surface area (Å²) in [7, 11) is 0. The molecule has 0 radical (unpaired) electrons. The van der Waals surface area contributed by atoms with Crippen LogP contribution in [0, 0.1) is 0 Å². The van der Waals surface area contributed by atoms with E-state index in [0.29, 0.717) is 35.6 Å². The monoisotopic (exact) mass is 371 g/mol. The standard InChI is InChI=1S/C18H18ClN5O2/c19-13-3-1-11(2-4-13)18-23-17(26-24-18)5-6-20-16-9-15(21-10-22-16)12-7-14(25)8-12/h1-4,9-10,12,14,25H,5-8H2,(H,20,21,22). The second kappa shape index (κ2) is 7.39. The summed E-state index contributed by atoms with van der Waals surface area (Å²) in [5, 5.41) is 17.3. The Hall–Kier alpha value is -2.51. The highest BCUT2D eigenvalue weighted by molar-refractivity contribution is 6.30. The molecule has 2 heterocycles. The van der Waals surface area contributed by atoms with E-state index in [1.807, 2.05) is 18.2 Å². The number of aliphatic hydroxyl groups excluding tert-OH is 1. The second-order valence-corrected chi connectivity index (χ2v) is 6.78. The predicted octanol–water partition coefficient (Wildman–Crippen LogP) is 3.07. The van der Waals surface area contributed by atoms with Gasteiger partial charge in [0.2, 0.25) is 11.7 Å². The summed E-state index contributed by atoms with van der Waals surface area (Å²) in [5.41, 5.74) is 1.83. The zero-order valence-corrected chi connectivity index (χ0v) is 14.7. The second-order valence-electron chi connectivity index (χ2n) is 6.35. The number of rotatable bonds is 6. The number of benzene rings is 1. The van der Waals surface area contributed by atoms with Crippen molar-refractivity contribution < 1.29 is 9.63 Å². The molecule has 26 heavy (non-hydrogen) atoms. The zero-order valence-electron chi connectivity index (χ0n) is 14.0. The number of aromatic nitrogens is 4. The molecule has 0 saturated heterocycles. The van der Waals surface area contributed by atoms with E-state index >= 15 is 0 Å². The minimum Gasteiger partial charge on any atom is -0.393 e. The molecular weight excluding hydrogens is 354 g/mol. The van der Waals surface area contributed by atoms with Crippen LogP contribution < -0.4 is 5.32 Å². The van der Waals surface area contributed by atoms with Crippen LogP contribution in [0.25, 0.3) is 11.4 Å². The van der Waals surface area contributed by atoms with Gasteiger partial charge in [-0.2, -0.15) is 4.98 Å². The molecule has 3 aromatic rings. The number of nitrogens with zero attached hydrogens (tertiary/aromatic N) is 4. The van der Waals surface area contributed by atoms with Crippen LogP contribution in [0.1, 0.15) is 30.3 Å². The Morgan fingerprint density at radius 2 is 2.00 bits per heavy atom. The topological polar surface area (TPSA) is 97.0 Å². The Labute approximate surface area is 155 Å². The molecule has 1 saturated carbocycles. The number of nitrogens with one attached hydrogen (secondary N) is 1. The van der Waals surface area contributed by atoms with E-state index in [-0.39, 0.29) is 6.10 Å². The zero-order chi connectivity index (χ0) is 17.9. The Morgan fingerprint density at radius 1 is 1.19 bits per heavy atom. The molecule has 1 aliphatic rings. The molecule has 7 nitrogen and oxygen atoms in total. The van der Waals surface area contributed by atoms with Crippen LogP contribution in [0.3, 0.4) is 0 Å². The third-order valence-electron chi connectivity index (χ3n) is 4.44. The van der Waals surface area contributed by atoms with Crippen molar-refractivity contribution in [2.24, 2.45) is 0 Å². The summed E-state index contributed by atoms with van der Waals surface area (Å²) < 4.78 is 5.29. The van der Waals surface area contributed by atoms with Gasteiger partial charge in [-0.15, -0.1) is 0 Å². The molecule has 2 N–H and O–H groups in total. The minimum absolute atomic E-state index is 0.196. The van der Waals surface area contributed by atoms with Gasteiger partial charge in [0.15, 0.2) is 0 Å². The normalized spacial score (nSPS) is 19.2. The van der Waals surface area contributed by atoms with Gasteiger partial charge in [-0.05, 0) is 37.1 Å². The van der Waals surface area contributed by atoms with Crippen molar-refractivity contribution in [2.75, 3.05) is 11.9 Å². The quantitative estimate of drug-likeness (QED) is 0.687. The molecule has 4 rings (SSSR count). The van der Waals surface area contributed by atoms with Gasteiger partial charge < -0.3 is 14.9 Å². The van der Waals surface area contributed by atoms with E-state index in [0.717, 1.165) is 29.9 Å². The number of halogens is 1. The van der Waals surface area contributed by atoms with Crippen LogP contribution in [0.15, 0.2) is 41.2 Å². The highest BCUT2D eigenvalue weighted by Crippen LogP contribution is 2.35. The van der Waals surface area contributed by atoms with Gasteiger partial charge >= 0.3 is 0 Å². The van der Waals surface area contributed by atoms with E-state index in [1.165, 1.54) is 0 Å². The van der Waals surface area contributed by atoms with Crippen molar-refractivity contribution in [3.8, 4) is 11.4 Å². The lowest BCUT2D eigenvalue weighted by atomic mass is 9.80. The predicted molar refractivity (Wildman–Crippen MR) is 97.0 cm³/mol. The van der Waals surface area contributed by atoms with Gasteiger partial charge in [-0.3, -0.25) is 0 Å². The summed E-state index contributed by atoms with van der Waals surface area (Å²) in [6, 6.07) is 9.23. The molecule has 1 aliphatic carbocycles. The third kappa shape index (κ3) is 3.84. The van der Waals surface area contributed by atoms with Crippen molar-refractivity contribution in [1.82, 2.24) is 20.1 Å². The maximum Gasteiger partial charge on any atom is 0.228 e. The number of hydrogen-bond acceptors (Lipinski definition) is 7. The number of hydrogen-bond donors (Lipinski definition) is 2. The van der Waals surface area contributed by atoms with Gasteiger partial charge in [-0.1, -0.05) is 16.8 Å². The van der Waals surface area contributed by atoms with Gasteiger partial charge in [-0.25, -0.2) is 9.97 Å². The molecule has 134 valence electrons. The first-order valence-corrected chi connectivity index (χ1v) is 8.87. The molecule has 1 fully saturated rings. The largest absolute Gasteiger partial charge is 0.393 e. The summed E-state index contributed by atoms with van der Waals surface area (Å²) in [5.74, 6) is 2.18. The first kappa shape index (κ1) is 16.9. The lowest BCUT2D eigenvalue weighted by molar-refractivity contribution is 0.0732. The smallest absolute Gasteiger partial charge is 0.228 e. The number of aliphatic hydroxyl groups is 1. The fraction of sp³-hybridized carbons (Fsp3) is 0.333. The molecule has 0 unspecified atom stereocenters.